The predicted octanol–water partition coefficient (Wildman–Crippen LogP) is 4.20. The van der Waals surface area contributed by atoms with Crippen LogP contribution in [0.2, 0.25) is 10.0 Å². The summed E-state index contributed by atoms with van der Waals surface area (Å²) in [6, 6.07) is 10.1. The van der Waals surface area contributed by atoms with Crippen molar-refractivity contribution >= 4 is 39.1 Å². The van der Waals surface area contributed by atoms with Crippen molar-refractivity contribution in [3.05, 3.63) is 75.4 Å². The lowest BCUT2D eigenvalue weighted by atomic mass is 10.2. The van der Waals surface area contributed by atoms with Crippen LogP contribution in [0, 0.1) is 13.8 Å². The Labute approximate surface area is 197 Å². The molecule has 3 aromatic rings. The average molecular weight is 496 g/mol. The summed E-state index contributed by atoms with van der Waals surface area (Å²) < 4.78 is 34.9. The summed E-state index contributed by atoms with van der Waals surface area (Å²) in [5, 5.41) is 0.197. The first-order valence-electron chi connectivity index (χ1n) is 10.1. The van der Waals surface area contributed by atoms with Crippen molar-refractivity contribution in [2.45, 2.75) is 25.3 Å². The van der Waals surface area contributed by atoms with Crippen LogP contribution in [0.25, 0.3) is 0 Å². The Bertz CT molecular complexity index is 1240. The third-order valence-electron chi connectivity index (χ3n) is 5.76. The fraction of sp³-hybridized carbons (Fsp3) is 0.318. The monoisotopic (exact) mass is 495 g/mol. The Morgan fingerprint density at radius 3 is 2.44 bits per heavy atom. The number of furan rings is 1. The molecular formula is C22H23Cl2N3O4S. The maximum atomic E-state index is 13.2. The molecule has 1 aliphatic rings. The van der Waals surface area contributed by atoms with Crippen molar-refractivity contribution in [1.82, 2.24) is 13.8 Å². The number of carbonyl (C=O) groups is 1. The van der Waals surface area contributed by atoms with Gasteiger partial charge in [-0.1, -0.05) is 29.3 Å². The highest BCUT2D eigenvalue weighted by molar-refractivity contribution is 7.89. The molecule has 0 aliphatic carbocycles. The number of hydrogen-bond acceptors (Lipinski definition) is 4. The highest BCUT2D eigenvalue weighted by Gasteiger charge is 2.33. The number of aromatic nitrogens is 1. The molecule has 0 bridgehead atoms. The first-order chi connectivity index (χ1) is 15.2. The summed E-state index contributed by atoms with van der Waals surface area (Å²) in [4.78, 5) is 14.9. The summed E-state index contributed by atoms with van der Waals surface area (Å²) >= 11 is 12.1. The third-order valence-corrected chi connectivity index (χ3v) is 8.63. The van der Waals surface area contributed by atoms with Crippen LogP contribution in [0.1, 0.15) is 27.5 Å². The topological polar surface area (TPSA) is 75.8 Å². The number of halogens is 2. The number of amides is 1. The van der Waals surface area contributed by atoms with Crippen molar-refractivity contribution in [3.63, 3.8) is 0 Å². The highest BCUT2D eigenvalue weighted by Crippen LogP contribution is 2.31. The number of carbonyl (C=O) groups excluding carboxylic acids is 1. The van der Waals surface area contributed by atoms with Gasteiger partial charge in [-0.25, -0.2) is 8.42 Å². The van der Waals surface area contributed by atoms with Crippen LogP contribution in [0.3, 0.4) is 0 Å². The molecule has 170 valence electrons. The van der Waals surface area contributed by atoms with Gasteiger partial charge in [-0.2, -0.15) is 4.31 Å². The van der Waals surface area contributed by atoms with E-state index >= 15 is 0 Å². The smallest absolute Gasteiger partial charge is 0.255 e. The maximum Gasteiger partial charge on any atom is 0.255 e. The summed E-state index contributed by atoms with van der Waals surface area (Å²) in [7, 11) is -3.80. The van der Waals surface area contributed by atoms with E-state index in [0.29, 0.717) is 12.1 Å². The van der Waals surface area contributed by atoms with E-state index in [1.54, 1.807) is 23.3 Å². The first-order valence-corrected chi connectivity index (χ1v) is 12.3. The standard InChI is InChI=1S/C22H23Cl2N3O4S/c1-15-13-18(16(2)27(15)14-17-5-4-12-31-17)22(28)25-8-10-26(11-9-25)32(29,30)20-7-3-6-19(23)21(20)24/h3-7,12-13H,8-11,14H2,1-2H3. The van der Waals surface area contributed by atoms with Gasteiger partial charge >= 0.3 is 0 Å². The van der Waals surface area contributed by atoms with Crippen molar-refractivity contribution in [3.8, 4) is 0 Å². The molecule has 1 fully saturated rings. The van der Waals surface area contributed by atoms with Crippen LogP contribution in [0.15, 0.2) is 52.0 Å². The number of rotatable bonds is 5. The summed E-state index contributed by atoms with van der Waals surface area (Å²) in [6.45, 7) is 5.35. The van der Waals surface area contributed by atoms with Crippen LogP contribution in [0.4, 0.5) is 0 Å². The lowest BCUT2D eigenvalue weighted by molar-refractivity contribution is 0.0697. The number of benzene rings is 1. The molecular weight excluding hydrogens is 473 g/mol. The Hall–Kier alpha value is -2.26. The van der Waals surface area contributed by atoms with E-state index in [4.69, 9.17) is 27.6 Å². The Kier molecular flexibility index (Phi) is 6.40. The molecule has 4 rings (SSSR count). The third kappa shape index (κ3) is 4.20. The van der Waals surface area contributed by atoms with Crippen molar-refractivity contribution in [1.29, 1.82) is 0 Å². The lowest BCUT2D eigenvalue weighted by Gasteiger charge is -2.34. The normalized spacial score (nSPS) is 15.3. The number of sulfonamides is 1. The van der Waals surface area contributed by atoms with Gasteiger partial charge in [0.25, 0.3) is 5.91 Å². The van der Waals surface area contributed by atoms with E-state index < -0.39 is 10.0 Å². The number of piperazine rings is 1. The molecule has 2 aromatic heterocycles. The van der Waals surface area contributed by atoms with Crippen molar-refractivity contribution < 1.29 is 17.6 Å². The van der Waals surface area contributed by atoms with Crippen molar-refractivity contribution in [2.75, 3.05) is 26.2 Å². The molecule has 7 nitrogen and oxygen atoms in total. The second-order valence-electron chi connectivity index (χ2n) is 7.70. The molecule has 10 heteroatoms. The van der Waals surface area contributed by atoms with E-state index in [0.717, 1.165) is 17.1 Å². The van der Waals surface area contributed by atoms with Gasteiger partial charge in [0.05, 0.1) is 28.4 Å². The largest absolute Gasteiger partial charge is 0.467 e. The molecule has 1 amide bonds. The van der Waals surface area contributed by atoms with E-state index in [1.807, 2.05) is 36.6 Å². The van der Waals surface area contributed by atoms with E-state index in [1.165, 1.54) is 10.4 Å². The zero-order chi connectivity index (χ0) is 23.0. The molecule has 0 radical (unpaired) electrons. The molecule has 0 unspecified atom stereocenters. The number of aryl methyl sites for hydroxylation is 1. The Morgan fingerprint density at radius 1 is 1.06 bits per heavy atom. The fourth-order valence-corrected chi connectivity index (χ4v) is 6.10. The van der Waals surface area contributed by atoms with Gasteiger partial charge in [0, 0.05) is 37.6 Å². The van der Waals surface area contributed by atoms with Gasteiger partial charge in [0.2, 0.25) is 10.0 Å². The number of nitrogens with zero attached hydrogens (tertiary/aromatic N) is 3. The maximum absolute atomic E-state index is 13.2. The van der Waals surface area contributed by atoms with Crippen LogP contribution in [-0.4, -0.2) is 54.3 Å². The SMILES string of the molecule is Cc1cc(C(=O)N2CCN(S(=O)(=O)c3cccc(Cl)c3Cl)CC2)c(C)n1Cc1ccco1. The first kappa shape index (κ1) is 22.9. The Morgan fingerprint density at radius 2 is 1.78 bits per heavy atom. The summed E-state index contributed by atoms with van der Waals surface area (Å²) in [5.41, 5.74) is 2.42. The van der Waals surface area contributed by atoms with Gasteiger partial charge in [-0.15, -0.1) is 0 Å². The summed E-state index contributed by atoms with van der Waals surface area (Å²) in [5.74, 6) is 0.700. The Balaban J connectivity index is 1.48. The zero-order valence-electron chi connectivity index (χ0n) is 17.7. The lowest BCUT2D eigenvalue weighted by Crippen LogP contribution is -2.50. The van der Waals surface area contributed by atoms with E-state index in [9.17, 15) is 13.2 Å². The second kappa shape index (κ2) is 8.94. The van der Waals surface area contributed by atoms with Crippen LogP contribution >= 0.6 is 23.2 Å². The van der Waals surface area contributed by atoms with Gasteiger partial charge in [-0.05, 0) is 44.2 Å². The second-order valence-corrected chi connectivity index (χ2v) is 10.4. The average Bonchev–Trinajstić information content (AvgIpc) is 3.39. The molecule has 0 saturated carbocycles. The molecule has 0 spiro atoms. The van der Waals surface area contributed by atoms with Gasteiger partial charge < -0.3 is 13.9 Å². The van der Waals surface area contributed by atoms with Crippen LogP contribution in [0.5, 0.6) is 0 Å². The molecule has 3 heterocycles. The highest BCUT2D eigenvalue weighted by atomic mass is 35.5. The van der Waals surface area contributed by atoms with Gasteiger partial charge in [0.1, 0.15) is 10.7 Å². The minimum Gasteiger partial charge on any atom is -0.467 e. The zero-order valence-corrected chi connectivity index (χ0v) is 20.0. The minimum atomic E-state index is -3.80. The molecule has 0 atom stereocenters. The van der Waals surface area contributed by atoms with Crippen LogP contribution < -0.4 is 0 Å². The van der Waals surface area contributed by atoms with Gasteiger partial charge in [0.15, 0.2) is 0 Å². The summed E-state index contributed by atoms with van der Waals surface area (Å²) in [6.07, 6.45) is 1.62. The fourth-order valence-electron chi connectivity index (χ4n) is 3.94. The quantitative estimate of drug-likeness (QED) is 0.531. The van der Waals surface area contributed by atoms with Crippen LogP contribution in [-0.2, 0) is 16.6 Å². The molecule has 0 N–H and O–H groups in total. The van der Waals surface area contributed by atoms with E-state index in [-0.39, 0.29) is 47.0 Å². The molecule has 1 aromatic carbocycles. The van der Waals surface area contributed by atoms with Gasteiger partial charge in [-0.3, -0.25) is 4.79 Å². The molecule has 1 saturated heterocycles. The molecule has 1 aliphatic heterocycles. The van der Waals surface area contributed by atoms with Crippen molar-refractivity contribution in [2.24, 2.45) is 0 Å². The molecule has 32 heavy (non-hydrogen) atoms. The predicted molar refractivity (Wildman–Crippen MR) is 123 cm³/mol. The number of hydrogen-bond donors (Lipinski definition) is 0. The minimum absolute atomic E-state index is 0.0108. The van der Waals surface area contributed by atoms with E-state index in [2.05, 4.69) is 0 Å².